The highest BCUT2D eigenvalue weighted by Gasteiger charge is 2.41. The van der Waals surface area contributed by atoms with E-state index in [2.05, 4.69) is 68.5 Å². The number of guanidine groups is 1. The maximum Gasteiger partial charge on any atom is 0.514 e. The Morgan fingerprint density at radius 3 is 1.82 bits per heavy atom. The number of hydrogen-bond donors (Lipinski definition) is 14. The van der Waals surface area contributed by atoms with Gasteiger partial charge in [0.25, 0.3) is 10.0 Å². The fraction of sp³-hybridized carbons (Fsp3) is 0.402. The van der Waals surface area contributed by atoms with Crippen molar-refractivity contribution < 1.29 is 89.6 Å². The molecule has 34 nitrogen and oxygen atoms in total. The molecule has 0 spiro atoms. The molecular formula is C82H103BrClN15O19S. The van der Waals surface area contributed by atoms with Crippen molar-refractivity contribution in [3.05, 3.63) is 201 Å². The third-order valence-electron chi connectivity index (χ3n) is 19.0. The normalized spacial score (nSPS) is 14.4. The van der Waals surface area contributed by atoms with Gasteiger partial charge in [0.05, 0.1) is 43.9 Å². The minimum absolute atomic E-state index is 0.00456. The lowest BCUT2D eigenvalue weighted by atomic mass is 9.97. The predicted octanol–water partition coefficient (Wildman–Crippen LogP) is 4.62. The summed E-state index contributed by atoms with van der Waals surface area (Å²) in [5.74, 6) is -9.85. The van der Waals surface area contributed by atoms with Gasteiger partial charge in [0.15, 0.2) is 0 Å². The molecule has 1 heterocycles. The number of carbonyl (C=O) groups is 12. The molecule has 1 saturated heterocycles. The lowest BCUT2D eigenvalue weighted by Crippen LogP contribution is -2.61. The molecule has 37 heteroatoms. The molecule has 6 aromatic rings. The van der Waals surface area contributed by atoms with Crippen LogP contribution in [0.4, 0.5) is 9.59 Å². The van der Waals surface area contributed by atoms with Gasteiger partial charge in [-0.15, -0.1) is 0 Å². The number of nitrogens with zero attached hydrogens (tertiary/aromatic N) is 1. The smallest absolute Gasteiger partial charge is 0.445 e. The molecule has 1 aliphatic rings. The number of carbonyl (C=O) groups excluding carboxylic acids is 12. The number of sulfonamides is 1. The number of unbranched alkanes of at least 4 members (excludes halogenated alkanes) is 1. The minimum Gasteiger partial charge on any atom is -0.445 e. The van der Waals surface area contributed by atoms with Crippen LogP contribution in [0.1, 0.15) is 111 Å². The molecule has 1 aliphatic heterocycles. The summed E-state index contributed by atoms with van der Waals surface area (Å²) in [6, 6.07) is 32.3. The zero-order chi connectivity index (χ0) is 86.4. The third-order valence-corrected chi connectivity index (χ3v) is 21.5. The molecule has 0 aliphatic carbocycles. The van der Waals surface area contributed by atoms with Crippen LogP contribution in [0.25, 0.3) is 0 Å². The number of halogens is 2. The molecule has 0 unspecified atom stereocenters. The number of nitrogens with one attached hydrogen (secondary N) is 11. The van der Waals surface area contributed by atoms with Crippen molar-refractivity contribution in [1.82, 2.24) is 57.5 Å². The van der Waals surface area contributed by atoms with E-state index >= 15 is 14.4 Å². The summed E-state index contributed by atoms with van der Waals surface area (Å²) in [5.41, 5.74) is 21.6. The van der Waals surface area contributed by atoms with E-state index in [1.54, 1.807) is 142 Å². The number of ether oxygens (including phenoxy) is 5. The molecule has 640 valence electrons. The van der Waals surface area contributed by atoms with E-state index in [4.69, 9.17) is 57.9 Å². The Hall–Kier alpha value is -11.6. The highest BCUT2D eigenvalue weighted by atomic mass is 79.9. The van der Waals surface area contributed by atoms with Gasteiger partial charge >= 0.3 is 12.2 Å². The van der Waals surface area contributed by atoms with E-state index in [9.17, 15) is 51.6 Å². The van der Waals surface area contributed by atoms with Gasteiger partial charge in [-0.3, -0.25) is 53.4 Å². The SMILES string of the molecule is CC[C@H](C)[C@H](NC(=O)[C@H](CCCCNC(=O)OCc1ccccc1Cl)NC(=O)[C@H](COCc1ccccc1)NC(=O)[C@@H](N)CCCNC(=N)NS(=O)(=O)c1ccc(C)cc1)C(=O)N[C@@H](COCc1ccccc1)C(=O)N1CCC[C@H]1C(=O)N[C@@H](CCC(N)=O)C(=O)NCC(=O)N[C@@H](Cc1ccc(OC(=O)OCc2ccccc2Br)cc1)C(N)=O. The van der Waals surface area contributed by atoms with E-state index in [1.165, 1.54) is 41.3 Å². The average molecular weight is 1750 g/mol. The van der Waals surface area contributed by atoms with Crippen LogP contribution in [-0.4, -0.2) is 178 Å². The van der Waals surface area contributed by atoms with Crippen molar-refractivity contribution in [1.29, 1.82) is 5.41 Å². The van der Waals surface area contributed by atoms with Crippen molar-refractivity contribution in [2.24, 2.45) is 23.1 Å². The first kappa shape index (κ1) is 94.6. The molecule has 11 amide bonds. The highest BCUT2D eigenvalue weighted by Crippen LogP contribution is 2.23. The lowest BCUT2D eigenvalue weighted by Gasteiger charge is -2.32. The van der Waals surface area contributed by atoms with Crippen LogP contribution in [0.2, 0.25) is 5.02 Å². The Morgan fingerprint density at radius 1 is 0.588 bits per heavy atom. The summed E-state index contributed by atoms with van der Waals surface area (Å²) < 4.78 is 56.6. The monoisotopic (exact) mass is 1750 g/mol. The Bertz CT molecular complexity index is 4550. The topological polar surface area (TPSA) is 511 Å². The second-order valence-electron chi connectivity index (χ2n) is 28.2. The van der Waals surface area contributed by atoms with Gasteiger partial charge in [-0.05, 0) is 117 Å². The number of amides is 11. The van der Waals surface area contributed by atoms with E-state index in [1.807, 2.05) is 0 Å². The zero-order valence-electron chi connectivity index (χ0n) is 66.2. The molecule has 7 rings (SSSR count). The van der Waals surface area contributed by atoms with Gasteiger partial charge in [0.1, 0.15) is 61.3 Å². The second-order valence-corrected chi connectivity index (χ2v) is 31.1. The maximum absolute atomic E-state index is 15.1. The summed E-state index contributed by atoms with van der Waals surface area (Å²) in [6.07, 6.45) is -1.72. The van der Waals surface area contributed by atoms with Crippen LogP contribution < -0.4 is 74.5 Å². The first-order chi connectivity index (χ1) is 57.0. The number of hydrogen-bond acceptors (Lipinski definition) is 21. The van der Waals surface area contributed by atoms with Crippen LogP contribution >= 0.6 is 27.5 Å². The number of primary amides is 2. The van der Waals surface area contributed by atoms with E-state index in [-0.39, 0.29) is 121 Å². The summed E-state index contributed by atoms with van der Waals surface area (Å²) in [6.45, 7) is 3.27. The lowest BCUT2D eigenvalue weighted by molar-refractivity contribution is -0.144. The largest absolute Gasteiger partial charge is 0.514 e. The minimum atomic E-state index is -4.09. The van der Waals surface area contributed by atoms with Crippen LogP contribution in [-0.2, 0) is 110 Å². The Balaban J connectivity index is 1.04. The summed E-state index contributed by atoms with van der Waals surface area (Å²) in [7, 11) is -4.09. The number of benzene rings is 6. The van der Waals surface area contributed by atoms with E-state index < -0.39 is 168 Å². The molecule has 119 heavy (non-hydrogen) atoms. The van der Waals surface area contributed by atoms with Crippen molar-refractivity contribution >= 4 is 115 Å². The highest BCUT2D eigenvalue weighted by molar-refractivity contribution is 9.10. The fourth-order valence-electron chi connectivity index (χ4n) is 12.1. The Kier molecular flexibility index (Phi) is 38.9. The number of nitrogens with two attached hydrogens (primary N) is 3. The first-order valence-electron chi connectivity index (χ1n) is 38.7. The van der Waals surface area contributed by atoms with Crippen molar-refractivity contribution in [2.45, 2.75) is 171 Å². The molecular weight excluding hydrogens is 1650 g/mol. The van der Waals surface area contributed by atoms with Crippen molar-refractivity contribution in [2.75, 3.05) is 39.4 Å². The molecule has 0 radical (unpaired) electrons. The molecule has 6 aromatic carbocycles. The molecule has 0 bridgehead atoms. The van der Waals surface area contributed by atoms with Gasteiger partial charge < -0.3 is 93.6 Å². The van der Waals surface area contributed by atoms with E-state index in [0.717, 1.165) is 10.0 Å². The molecule has 17 N–H and O–H groups in total. The standard InChI is InChI=1S/C82H103BrClN15O19S/c1-4-52(3)71(97-75(105)63(28-15-16-40-90-81(110)116-48-57-24-12-14-26-61(57)84)93-76(106)66(49-114-45-54-19-7-5-8-20-54)95-73(103)62(85)27-17-41-89-80(88)98-119(112,113)59-36-30-51(2)31-37-59)78(108)96-67(50-115-46-55-21-9-6-10-22-55)79(109)99-42-18-29-68(99)77(107)94-64(38-39-69(86)100)74(104)91-44-70(101)92-65(72(87)102)43-53-32-34-58(35-33-53)118-82(111)117-47-56-23-11-13-25-60(56)83/h5-14,19-26,30-37,52,62-68,71H,4,15-18,27-29,38-50,85H2,1-3H3,(H2,86,100)(H2,87,102)(H,90,110)(H,91,104)(H,92,101)(H,93,106)(H,94,107)(H,95,103)(H,96,108)(H,97,105)(H3,88,89,98)/t52-,62-,63-,64-,65-,66-,67-,68-,71-/m0/s1. The van der Waals surface area contributed by atoms with Crippen molar-refractivity contribution in [3.63, 3.8) is 0 Å². The van der Waals surface area contributed by atoms with Gasteiger partial charge in [0.2, 0.25) is 65.0 Å². The van der Waals surface area contributed by atoms with E-state index in [0.29, 0.717) is 32.8 Å². The zero-order valence-corrected chi connectivity index (χ0v) is 69.3. The van der Waals surface area contributed by atoms with Gasteiger partial charge in [0, 0.05) is 53.1 Å². The van der Waals surface area contributed by atoms with Crippen LogP contribution in [0, 0.1) is 18.3 Å². The van der Waals surface area contributed by atoms with Gasteiger partial charge in [-0.1, -0.05) is 175 Å². The summed E-state index contributed by atoms with van der Waals surface area (Å²) in [4.78, 5) is 167. The summed E-state index contributed by atoms with van der Waals surface area (Å²) >= 11 is 9.65. The number of rotatable bonds is 47. The first-order valence-corrected chi connectivity index (χ1v) is 41.3. The second kappa shape index (κ2) is 49.0. The van der Waals surface area contributed by atoms with Crippen LogP contribution in [0.15, 0.2) is 167 Å². The fourth-order valence-corrected chi connectivity index (χ4v) is 13.7. The number of alkyl carbamates (subject to hydrolysis) is 1. The quantitative estimate of drug-likeness (QED) is 0.00814. The molecule has 1 fully saturated rings. The average Bonchev–Trinajstić information content (AvgIpc) is 1.73. The van der Waals surface area contributed by atoms with Gasteiger partial charge in [-0.2, -0.15) is 0 Å². The molecule has 9 atom stereocenters. The number of aryl methyl sites for hydroxylation is 1. The van der Waals surface area contributed by atoms with Crippen LogP contribution in [0.5, 0.6) is 5.75 Å². The Morgan fingerprint density at radius 2 is 1.18 bits per heavy atom. The summed E-state index contributed by atoms with van der Waals surface area (Å²) in [5, 5.41) is 32.3. The maximum atomic E-state index is 15.1. The third kappa shape index (κ3) is 32.7. The van der Waals surface area contributed by atoms with Crippen molar-refractivity contribution in [3.8, 4) is 5.75 Å². The predicted molar refractivity (Wildman–Crippen MR) is 442 cm³/mol. The molecule has 0 aromatic heterocycles. The number of likely N-dealkylation sites (tertiary alicyclic amines) is 1. The van der Waals surface area contributed by atoms with Crippen LogP contribution in [0.3, 0.4) is 0 Å². The Labute approximate surface area is 703 Å². The molecule has 0 saturated carbocycles. The van der Waals surface area contributed by atoms with Gasteiger partial charge in [-0.25, -0.2) is 22.7 Å².